The van der Waals surface area contributed by atoms with E-state index in [9.17, 15) is 8.42 Å². The summed E-state index contributed by atoms with van der Waals surface area (Å²) in [6.45, 7) is 1.52. The SMILES string of the molecule is CCC(NS(=O)(=O)c1[nH]ncc1CO)c1ccccc1. The third-order valence-electron chi connectivity index (χ3n) is 3.02. The predicted octanol–water partition coefficient (Wildman–Crippen LogP) is 1.33. The average Bonchev–Trinajstić information content (AvgIpc) is 2.95. The normalized spacial score (nSPS) is 13.3. The number of hydrogen-bond donors (Lipinski definition) is 3. The van der Waals surface area contributed by atoms with Gasteiger partial charge in [-0.05, 0) is 12.0 Å². The van der Waals surface area contributed by atoms with Crippen molar-refractivity contribution in [1.29, 1.82) is 0 Å². The first-order valence-electron chi connectivity index (χ1n) is 6.29. The van der Waals surface area contributed by atoms with Gasteiger partial charge in [-0.25, -0.2) is 13.1 Å². The van der Waals surface area contributed by atoms with E-state index in [1.54, 1.807) is 0 Å². The summed E-state index contributed by atoms with van der Waals surface area (Å²) in [4.78, 5) is 0. The molecule has 0 aliphatic carbocycles. The number of H-pyrrole nitrogens is 1. The Morgan fingerprint density at radius 2 is 2.05 bits per heavy atom. The molecular weight excluding hydrogens is 278 g/mol. The highest BCUT2D eigenvalue weighted by Crippen LogP contribution is 2.20. The van der Waals surface area contributed by atoms with Crippen LogP contribution in [0.1, 0.15) is 30.5 Å². The molecule has 2 aromatic rings. The molecule has 0 amide bonds. The van der Waals surface area contributed by atoms with Gasteiger partial charge >= 0.3 is 0 Å². The number of aliphatic hydroxyl groups is 1. The van der Waals surface area contributed by atoms with Crippen LogP contribution in [0, 0.1) is 0 Å². The highest BCUT2D eigenvalue weighted by Gasteiger charge is 2.24. The highest BCUT2D eigenvalue weighted by atomic mass is 32.2. The van der Waals surface area contributed by atoms with Crippen molar-refractivity contribution >= 4 is 10.0 Å². The van der Waals surface area contributed by atoms with Gasteiger partial charge in [0, 0.05) is 11.6 Å². The third kappa shape index (κ3) is 3.06. The number of hydrogen-bond acceptors (Lipinski definition) is 4. The van der Waals surface area contributed by atoms with Crippen molar-refractivity contribution in [3.05, 3.63) is 47.7 Å². The van der Waals surface area contributed by atoms with Crippen molar-refractivity contribution < 1.29 is 13.5 Å². The lowest BCUT2D eigenvalue weighted by atomic mass is 10.1. The molecule has 0 saturated heterocycles. The molecule has 6 nitrogen and oxygen atoms in total. The van der Waals surface area contributed by atoms with Crippen molar-refractivity contribution in [1.82, 2.24) is 14.9 Å². The average molecular weight is 295 g/mol. The van der Waals surface area contributed by atoms with Crippen LogP contribution in [-0.4, -0.2) is 23.7 Å². The quantitative estimate of drug-likeness (QED) is 0.749. The third-order valence-corrected chi connectivity index (χ3v) is 4.51. The van der Waals surface area contributed by atoms with Crippen LogP contribution in [0.15, 0.2) is 41.6 Å². The Hall–Kier alpha value is -1.70. The van der Waals surface area contributed by atoms with E-state index in [0.29, 0.717) is 6.42 Å². The number of rotatable bonds is 6. The second-order valence-electron chi connectivity index (χ2n) is 4.38. The van der Waals surface area contributed by atoms with Gasteiger partial charge in [-0.1, -0.05) is 37.3 Å². The highest BCUT2D eigenvalue weighted by molar-refractivity contribution is 7.89. The number of aromatic amines is 1. The summed E-state index contributed by atoms with van der Waals surface area (Å²) in [5.74, 6) is 0. The largest absolute Gasteiger partial charge is 0.392 e. The summed E-state index contributed by atoms with van der Waals surface area (Å²) >= 11 is 0. The van der Waals surface area contributed by atoms with Gasteiger partial charge in [0.25, 0.3) is 10.0 Å². The van der Waals surface area contributed by atoms with Crippen LogP contribution in [0.5, 0.6) is 0 Å². The van der Waals surface area contributed by atoms with Crippen LogP contribution in [0.25, 0.3) is 0 Å². The number of benzene rings is 1. The smallest absolute Gasteiger partial charge is 0.258 e. The Morgan fingerprint density at radius 3 is 2.65 bits per heavy atom. The van der Waals surface area contributed by atoms with E-state index in [-0.39, 0.29) is 23.2 Å². The Morgan fingerprint density at radius 1 is 1.35 bits per heavy atom. The zero-order valence-corrected chi connectivity index (χ0v) is 11.9. The van der Waals surface area contributed by atoms with Gasteiger partial charge in [0.15, 0.2) is 5.03 Å². The van der Waals surface area contributed by atoms with Gasteiger partial charge in [0.05, 0.1) is 12.8 Å². The maximum atomic E-state index is 12.3. The van der Waals surface area contributed by atoms with E-state index in [2.05, 4.69) is 14.9 Å². The molecule has 1 aromatic carbocycles. The summed E-state index contributed by atoms with van der Waals surface area (Å²) in [6.07, 6.45) is 1.92. The molecule has 1 aromatic heterocycles. The molecule has 7 heteroatoms. The fraction of sp³-hybridized carbons (Fsp3) is 0.308. The minimum absolute atomic E-state index is 0.0885. The number of sulfonamides is 1. The van der Waals surface area contributed by atoms with Crippen LogP contribution in [0.3, 0.4) is 0 Å². The number of nitrogens with zero attached hydrogens (tertiary/aromatic N) is 1. The zero-order chi connectivity index (χ0) is 14.6. The lowest BCUT2D eigenvalue weighted by Crippen LogP contribution is -2.29. The standard InChI is InChI=1S/C13H17N3O3S/c1-2-12(10-6-4-3-5-7-10)16-20(18,19)13-11(9-17)8-14-15-13/h3-8,12,16-17H,2,9H2,1H3,(H,14,15). The van der Waals surface area contributed by atoms with Crippen LogP contribution < -0.4 is 4.72 Å². The minimum atomic E-state index is -3.75. The summed E-state index contributed by atoms with van der Waals surface area (Å²) in [7, 11) is -3.75. The van der Waals surface area contributed by atoms with E-state index >= 15 is 0 Å². The zero-order valence-electron chi connectivity index (χ0n) is 11.1. The molecule has 3 N–H and O–H groups in total. The van der Waals surface area contributed by atoms with E-state index < -0.39 is 10.0 Å². The molecule has 1 unspecified atom stereocenters. The molecule has 0 saturated carbocycles. The molecule has 108 valence electrons. The van der Waals surface area contributed by atoms with Gasteiger partial charge in [-0.3, -0.25) is 5.10 Å². The monoisotopic (exact) mass is 295 g/mol. The fourth-order valence-corrected chi connectivity index (χ4v) is 3.39. The molecule has 2 rings (SSSR count). The Balaban J connectivity index is 2.27. The second kappa shape index (κ2) is 6.17. The molecule has 0 bridgehead atoms. The molecule has 1 atom stereocenters. The van der Waals surface area contributed by atoms with Gasteiger partial charge in [-0.15, -0.1) is 0 Å². The molecule has 20 heavy (non-hydrogen) atoms. The predicted molar refractivity (Wildman–Crippen MR) is 74.3 cm³/mol. The fourth-order valence-electron chi connectivity index (χ4n) is 1.96. The van der Waals surface area contributed by atoms with Crippen LogP contribution in [0.2, 0.25) is 0 Å². The van der Waals surface area contributed by atoms with Crippen molar-refractivity contribution in [3.63, 3.8) is 0 Å². The summed E-state index contributed by atoms with van der Waals surface area (Å²) in [6, 6.07) is 9.02. The van der Waals surface area contributed by atoms with Crippen LogP contribution in [0.4, 0.5) is 0 Å². The van der Waals surface area contributed by atoms with E-state index in [1.165, 1.54) is 6.20 Å². The van der Waals surface area contributed by atoms with Crippen molar-refractivity contribution in [3.8, 4) is 0 Å². The van der Waals surface area contributed by atoms with Gasteiger partial charge < -0.3 is 5.11 Å². The second-order valence-corrected chi connectivity index (χ2v) is 6.03. The first-order valence-corrected chi connectivity index (χ1v) is 7.77. The van der Waals surface area contributed by atoms with Crippen LogP contribution >= 0.6 is 0 Å². The van der Waals surface area contributed by atoms with Gasteiger partial charge in [0.1, 0.15) is 0 Å². The van der Waals surface area contributed by atoms with E-state index in [1.807, 2.05) is 37.3 Å². The molecule has 0 aliphatic heterocycles. The maximum absolute atomic E-state index is 12.3. The number of aliphatic hydroxyl groups excluding tert-OH is 1. The molecular formula is C13H17N3O3S. The van der Waals surface area contributed by atoms with Crippen LogP contribution in [-0.2, 0) is 16.6 Å². The molecule has 0 aliphatic rings. The lowest BCUT2D eigenvalue weighted by Gasteiger charge is -2.17. The summed E-state index contributed by atoms with van der Waals surface area (Å²) in [5, 5.41) is 15.1. The van der Waals surface area contributed by atoms with E-state index in [4.69, 9.17) is 5.11 Å². The lowest BCUT2D eigenvalue weighted by molar-refractivity contribution is 0.278. The Kier molecular flexibility index (Phi) is 4.53. The first-order chi connectivity index (χ1) is 9.58. The first kappa shape index (κ1) is 14.7. The van der Waals surface area contributed by atoms with Crippen molar-refractivity contribution in [2.45, 2.75) is 31.0 Å². The van der Waals surface area contributed by atoms with E-state index in [0.717, 1.165) is 5.56 Å². The Labute approximate surface area is 117 Å². The molecule has 0 spiro atoms. The van der Waals surface area contributed by atoms with Crippen molar-refractivity contribution in [2.75, 3.05) is 0 Å². The Bertz CT molecular complexity index is 653. The van der Waals surface area contributed by atoms with Gasteiger partial charge in [0.2, 0.25) is 0 Å². The summed E-state index contributed by atoms with van der Waals surface area (Å²) < 4.78 is 27.3. The van der Waals surface area contributed by atoms with Crippen molar-refractivity contribution in [2.24, 2.45) is 0 Å². The molecule has 0 radical (unpaired) electrons. The number of aromatic nitrogens is 2. The topological polar surface area (TPSA) is 95.1 Å². The maximum Gasteiger partial charge on any atom is 0.258 e. The summed E-state index contributed by atoms with van der Waals surface area (Å²) in [5.41, 5.74) is 1.14. The minimum Gasteiger partial charge on any atom is -0.392 e. The number of nitrogens with one attached hydrogen (secondary N) is 2. The molecule has 0 fully saturated rings. The van der Waals surface area contributed by atoms with Gasteiger partial charge in [-0.2, -0.15) is 5.10 Å². The molecule has 1 heterocycles.